The molecule has 0 bridgehead atoms. The average Bonchev–Trinajstić information content (AvgIpc) is 3.40. The number of amides is 3. The number of amidine groups is 1. The van der Waals surface area contributed by atoms with Gasteiger partial charge in [-0.2, -0.15) is 0 Å². The Bertz CT molecular complexity index is 2030. The van der Waals surface area contributed by atoms with Gasteiger partial charge in [0, 0.05) is 59.5 Å². The van der Waals surface area contributed by atoms with Crippen LogP contribution in [0.3, 0.4) is 0 Å². The summed E-state index contributed by atoms with van der Waals surface area (Å²) in [5.41, 5.74) is 1.89. The van der Waals surface area contributed by atoms with Crippen molar-refractivity contribution in [3.8, 4) is 5.75 Å². The van der Waals surface area contributed by atoms with Crippen molar-refractivity contribution in [1.29, 1.82) is 0 Å². The Balaban J connectivity index is 1.33. The topological polar surface area (TPSA) is 87.1 Å². The van der Waals surface area contributed by atoms with E-state index < -0.39 is 11.1 Å². The predicted octanol–water partition coefficient (Wildman–Crippen LogP) is 9.70. The van der Waals surface area contributed by atoms with Gasteiger partial charge in [-0.1, -0.05) is 80.4 Å². The minimum atomic E-state index is -1.05. The van der Waals surface area contributed by atoms with E-state index in [0.717, 1.165) is 22.4 Å². The number of carbonyl (C=O) groups is 2. The molecule has 2 aliphatic rings. The van der Waals surface area contributed by atoms with Crippen LogP contribution in [0.2, 0.25) is 10.0 Å². The number of nitrogens with one attached hydrogen (secondary N) is 1. The van der Waals surface area contributed by atoms with E-state index >= 15 is 4.79 Å². The van der Waals surface area contributed by atoms with Crippen LogP contribution in [0.25, 0.3) is 0 Å². The van der Waals surface area contributed by atoms with Crippen LogP contribution in [-0.4, -0.2) is 58.8 Å². The van der Waals surface area contributed by atoms with E-state index in [9.17, 15) is 9.18 Å². The number of ether oxygens (including phenoxy) is 1. The number of rotatable bonds is 10. The third-order valence-corrected chi connectivity index (χ3v) is 11.6. The maximum absolute atomic E-state index is 15.3. The van der Waals surface area contributed by atoms with E-state index in [-0.39, 0.29) is 29.1 Å². The van der Waals surface area contributed by atoms with Crippen LogP contribution in [0.1, 0.15) is 88.8 Å². The lowest BCUT2D eigenvalue weighted by Gasteiger charge is -2.47. The number of halogens is 3. The number of nitrogens with zero attached hydrogens (tertiary/aromatic N) is 4. The number of carbonyl (C=O) groups excluding carboxylic acids is 2. The highest BCUT2D eigenvalue weighted by atomic mass is 35.5. The highest BCUT2D eigenvalue weighted by molar-refractivity contribution is 6.30. The third-order valence-electron chi connectivity index (χ3n) is 11.1. The van der Waals surface area contributed by atoms with Crippen molar-refractivity contribution in [1.82, 2.24) is 20.1 Å². The second-order valence-electron chi connectivity index (χ2n) is 15.8. The van der Waals surface area contributed by atoms with Crippen LogP contribution >= 0.6 is 23.2 Å². The molecule has 1 N–H and O–H groups in total. The van der Waals surface area contributed by atoms with Gasteiger partial charge < -0.3 is 15.0 Å². The second kappa shape index (κ2) is 16.3. The van der Waals surface area contributed by atoms with Crippen LogP contribution in [-0.2, 0) is 27.7 Å². The smallest absolute Gasteiger partial charge is 0.326 e. The molecule has 11 heteroatoms. The minimum Gasteiger partial charge on any atom is -0.493 e. The van der Waals surface area contributed by atoms with Gasteiger partial charge in [0.15, 0.2) is 0 Å². The van der Waals surface area contributed by atoms with Crippen molar-refractivity contribution in [2.75, 3.05) is 26.2 Å². The monoisotopic (exact) mass is 785 g/mol. The first-order chi connectivity index (χ1) is 26.1. The van der Waals surface area contributed by atoms with Gasteiger partial charge in [0.05, 0.1) is 12.2 Å². The van der Waals surface area contributed by atoms with Crippen molar-refractivity contribution in [3.05, 3.63) is 129 Å². The Hall–Kier alpha value is -4.47. The van der Waals surface area contributed by atoms with Gasteiger partial charge in [0.2, 0.25) is 5.91 Å². The summed E-state index contributed by atoms with van der Waals surface area (Å²) in [6, 6.07) is 23.3. The molecule has 0 radical (unpaired) electrons. The molecule has 6 rings (SSSR count). The zero-order chi connectivity index (χ0) is 39.5. The van der Waals surface area contributed by atoms with Crippen LogP contribution in [0.15, 0.2) is 90.1 Å². The summed E-state index contributed by atoms with van der Waals surface area (Å²) in [5.74, 6) is 0.880. The first-order valence-corrected chi connectivity index (χ1v) is 19.8. The lowest BCUT2D eigenvalue weighted by Crippen LogP contribution is -2.59. The summed E-state index contributed by atoms with van der Waals surface area (Å²) in [6.45, 7) is 14.2. The fourth-order valence-corrected chi connectivity index (χ4v) is 7.91. The van der Waals surface area contributed by atoms with Gasteiger partial charge >= 0.3 is 6.03 Å². The zero-order valence-electron chi connectivity index (χ0n) is 32.5. The van der Waals surface area contributed by atoms with Crippen LogP contribution in [0, 0.1) is 11.7 Å². The number of hydrogen-bond donors (Lipinski definition) is 1. The normalized spacial score (nSPS) is 20.3. The van der Waals surface area contributed by atoms with Crippen molar-refractivity contribution in [3.63, 3.8) is 0 Å². The van der Waals surface area contributed by atoms with Gasteiger partial charge in [0.1, 0.15) is 28.5 Å². The standard InChI is InChI=1S/C44H50Cl2FN5O3/c1-7-55-37-27-38(42(2,3)4)49-28-36(37)40-50-43(5,31-10-14-33(45)15-11-31)44(6,32-12-16-34(46)17-13-32)52(40)41(54)51-24-21-30(22-25-51)26-39(53)48-23-20-29-8-18-35(47)19-9-29/h8-19,27-28,30H,7,20-26H2,1-6H3,(H,48,53)/t43-,44+/m0/s1. The number of hydrogen-bond acceptors (Lipinski definition) is 5. The zero-order valence-corrected chi connectivity index (χ0v) is 34.0. The molecule has 8 nitrogen and oxygen atoms in total. The molecule has 4 aromatic rings. The van der Waals surface area contributed by atoms with Crippen molar-refractivity contribution in [2.24, 2.45) is 10.9 Å². The second-order valence-corrected chi connectivity index (χ2v) is 16.7. The SMILES string of the molecule is CCOc1cc(C(C)(C)C)ncc1C1=N[C@@](C)(c2ccc(Cl)cc2)[C@@](C)(c2ccc(Cl)cc2)N1C(=O)N1CCC(CC(=O)NCCc2ccc(F)cc2)CC1. The molecule has 2 aliphatic heterocycles. The van der Waals surface area contributed by atoms with Gasteiger partial charge in [-0.3, -0.25) is 19.7 Å². The number of piperidine rings is 1. The van der Waals surface area contributed by atoms with Gasteiger partial charge in [-0.25, -0.2) is 9.18 Å². The fourth-order valence-electron chi connectivity index (χ4n) is 7.66. The molecule has 0 aliphatic carbocycles. The van der Waals surface area contributed by atoms with Crippen molar-refractivity contribution in [2.45, 2.75) is 83.7 Å². The molecule has 0 spiro atoms. The Kier molecular flexibility index (Phi) is 11.9. The van der Waals surface area contributed by atoms with Gasteiger partial charge in [-0.05, 0) is 99.0 Å². The van der Waals surface area contributed by atoms with Crippen LogP contribution in [0.5, 0.6) is 5.75 Å². The van der Waals surface area contributed by atoms with Crippen molar-refractivity contribution < 1.29 is 18.7 Å². The van der Waals surface area contributed by atoms with Gasteiger partial charge in [0.25, 0.3) is 0 Å². The molecule has 1 aromatic heterocycles. The van der Waals surface area contributed by atoms with E-state index in [1.807, 2.05) is 71.3 Å². The summed E-state index contributed by atoms with van der Waals surface area (Å²) in [7, 11) is 0. The molecule has 290 valence electrons. The molecule has 3 aromatic carbocycles. The maximum atomic E-state index is 15.3. The summed E-state index contributed by atoms with van der Waals surface area (Å²) >= 11 is 12.8. The van der Waals surface area contributed by atoms with Gasteiger partial charge in [-0.15, -0.1) is 0 Å². The van der Waals surface area contributed by atoms with E-state index in [2.05, 4.69) is 39.9 Å². The molecular weight excluding hydrogens is 736 g/mol. The average molecular weight is 787 g/mol. The highest BCUT2D eigenvalue weighted by Gasteiger charge is 2.60. The first-order valence-electron chi connectivity index (χ1n) is 19.0. The number of likely N-dealkylation sites (tertiary alicyclic amines) is 1. The molecule has 1 saturated heterocycles. The lowest BCUT2D eigenvalue weighted by molar-refractivity contribution is -0.122. The first kappa shape index (κ1) is 40.2. The Morgan fingerprint density at radius 3 is 2.11 bits per heavy atom. The molecule has 3 amide bonds. The molecule has 1 fully saturated rings. The fraction of sp³-hybridized carbons (Fsp3) is 0.409. The largest absolute Gasteiger partial charge is 0.493 e. The van der Waals surface area contributed by atoms with E-state index in [1.165, 1.54) is 12.1 Å². The number of aliphatic imine (C=N–C) groups is 1. The number of benzene rings is 3. The quantitative estimate of drug-likeness (QED) is 0.174. The van der Waals surface area contributed by atoms with Crippen LogP contribution < -0.4 is 10.1 Å². The van der Waals surface area contributed by atoms with Crippen LogP contribution in [0.4, 0.5) is 9.18 Å². The minimum absolute atomic E-state index is 0.0236. The molecule has 2 atom stereocenters. The summed E-state index contributed by atoms with van der Waals surface area (Å²) in [4.78, 5) is 42.3. The molecule has 55 heavy (non-hydrogen) atoms. The molecular formula is C44H50Cl2FN5O3. The highest BCUT2D eigenvalue weighted by Crippen LogP contribution is 2.54. The van der Waals surface area contributed by atoms with E-state index in [1.54, 1.807) is 18.3 Å². The Labute approximate surface area is 334 Å². The predicted molar refractivity (Wildman–Crippen MR) is 218 cm³/mol. The molecule has 0 saturated carbocycles. The number of urea groups is 1. The molecule has 0 unspecified atom stereocenters. The summed E-state index contributed by atoms with van der Waals surface area (Å²) in [6.07, 6.45) is 4.13. The Morgan fingerprint density at radius 1 is 0.927 bits per heavy atom. The van der Waals surface area contributed by atoms with Crippen molar-refractivity contribution >= 4 is 41.0 Å². The number of pyridine rings is 1. The lowest BCUT2D eigenvalue weighted by atomic mass is 9.71. The molecule has 3 heterocycles. The maximum Gasteiger partial charge on any atom is 0.326 e. The van der Waals surface area contributed by atoms with E-state index in [4.69, 9.17) is 37.9 Å². The van der Waals surface area contributed by atoms with E-state index in [0.29, 0.717) is 79.1 Å². The number of aromatic nitrogens is 1. The summed E-state index contributed by atoms with van der Waals surface area (Å²) < 4.78 is 19.6. The summed E-state index contributed by atoms with van der Waals surface area (Å²) in [5, 5.41) is 4.19. The Morgan fingerprint density at radius 2 is 1.53 bits per heavy atom. The third kappa shape index (κ3) is 8.38.